The van der Waals surface area contributed by atoms with Gasteiger partial charge in [-0.15, -0.1) is 0 Å². The highest BCUT2D eigenvalue weighted by molar-refractivity contribution is 5.56. The molecule has 1 aromatic carbocycles. The predicted octanol–water partition coefficient (Wildman–Crippen LogP) is 1.88. The van der Waals surface area contributed by atoms with Gasteiger partial charge in [-0.1, -0.05) is 12.1 Å². The van der Waals surface area contributed by atoms with Gasteiger partial charge >= 0.3 is 5.08 Å². The van der Waals surface area contributed by atoms with Crippen LogP contribution in [0.5, 0.6) is 5.75 Å². The first-order valence-electron chi connectivity index (χ1n) is 3.11. The molecular weight excluding hydrogens is 142 g/mol. The second-order valence-electron chi connectivity index (χ2n) is 1.91. The van der Waals surface area contributed by atoms with Crippen LogP contribution in [0.2, 0.25) is 0 Å². The molecule has 0 atom stereocenters. The second-order valence-corrected chi connectivity index (χ2v) is 1.91. The van der Waals surface area contributed by atoms with Crippen molar-refractivity contribution in [3.8, 4) is 5.75 Å². The Kier molecular flexibility index (Phi) is 2.28. The smallest absolute Gasteiger partial charge is 0.308 e. The van der Waals surface area contributed by atoms with Crippen molar-refractivity contribution in [3.05, 3.63) is 29.4 Å². The average molecular weight is 150 g/mol. The van der Waals surface area contributed by atoms with E-state index in [-0.39, 0.29) is 0 Å². The minimum absolute atomic E-state index is 0.637. The summed E-state index contributed by atoms with van der Waals surface area (Å²) in [6.45, 7) is 0. The van der Waals surface area contributed by atoms with Gasteiger partial charge in [-0.2, -0.15) is 0 Å². The zero-order valence-electron chi connectivity index (χ0n) is 6.11. The van der Waals surface area contributed by atoms with Gasteiger partial charge in [0.25, 0.3) is 5.39 Å². The monoisotopic (exact) mass is 150 g/mol. The van der Waals surface area contributed by atoms with Crippen LogP contribution in [-0.2, 0) is 0 Å². The second kappa shape index (κ2) is 3.42. The maximum Gasteiger partial charge on any atom is 0.308 e. The van der Waals surface area contributed by atoms with Crippen molar-refractivity contribution in [1.82, 2.24) is 0 Å². The van der Waals surface area contributed by atoms with Gasteiger partial charge in [0.05, 0.1) is 7.11 Å². The van der Waals surface area contributed by atoms with Crippen LogP contribution < -0.4 is 10.2 Å². The summed E-state index contributed by atoms with van der Waals surface area (Å²) in [5.74, 6) is 0.644. The molecule has 1 aromatic rings. The molecule has 0 saturated heterocycles. The number of ether oxygens (including phenoxy) is 1. The molecule has 0 aliphatic carbocycles. The molecule has 4 heteroatoms. The summed E-state index contributed by atoms with van der Waals surface area (Å²) in [5, 5.41) is 11.0. The highest BCUT2D eigenvalue weighted by Crippen LogP contribution is 2.22. The number of methoxy groups -OCH3 is 1. The molecule has 0 spiro atoms. The van der Waals surface area contributed by atoms with Crippen molar-refractivity contribution < 1.29 is 4.74 Å². The van der Waals surface area contributed by atoms with E-state index >= 15 is 0 Å². The van der Waals surface area contributed by atoms with Crippen LogP contribution in [0, 0.1) is 5.39 Å². The lowest BCUT2D eigenvalue weighted by atomic mass is 10.3. The van der Waals surface area contributed by atoms with Crippen molar-refractivity contribution in [2.45, 2.75) is 0 Å². The van der Waals surface area contributed by atoms with Gasteiger partial charge in [-0.05, 0) is 17.6 Å². The first kappa shape index (κ1) is 7.35. The topological polar surface area (TPSA) is 49.4 Å². The SMILES string of the molecule is COc1ccccc1N[N+]#N. The largest absolute Gasteiger partial charge is 0.494 e. The maximum absolute atomic E-state index is 8.20. The van der Waals surface area contributed by atoms with E-state index in [1.165, 1.54) is 0 Å². The minimum atomic E-state index is 0.637. The number of diazo groups is 1. The zero-order chi connectivity index (χ0) is 8.10. The molecule has 0 aliphatic rings. The molecule has 11 heavy (non-hydrogen) atoms. The van der Waals surface area contributed by atoms with Crippen LogP contribution in [0.25, 0.3) is 5.08 Å². The third-order valence-electron chi connectivity index (χ3n) is 1.28. The van der Waals surface area contributed by atoms with Gasteiger partial charge in [-0.3, -0.25) is 0 Å². The van der Waals surface area contributed by atoms with E-state index in [1.807, 2.05) is 12.1 Å². The number of nitrogens with one attached hydrogen (secondary N) is 1. The molecule has 56 valence electrons. The summed E-state index contributed by atoms with van der Waals surface area (Å²) in [4.78, 5) is 0. The number of hydrogen-bond donors (Lipinski definition) is 1. The third-order valence-corrected chi connectivity index (χ3v) is 1.28. The summed E-state index contributed by atoms with van der Waals surface area (Å²) < 4.78 is 4.96. The van der Waals surface area contributed by atoms with E-state index in [1.54, 1.807) is 19.2 Å². The predicted molar refractivity (Wildman–Crippen MR) is 41.7 cm³/mol. The van der Waals surface area contributed by atoms with Crippen LogP contribution in [0.15, 0.2) is 24.3 Å². The molecule has 0 amide bonds. The fraction of sp³-hybridized carbons (Fsp3) is 0.143. The Bertz CT molecular complexity index is 279. The van der Waals surface area contributed by atoms with Crippen molar-refractivity contribution in [1.29, 1.82) is 5.39 Å². The quantitative estimate of drug-likeness (QED) is 0.517. The number of para-hydroxylation sites is 2. The molecule has 0 unspecified atom stereocenters. The lowest BCUT2D eigenvalue weighted by Gasteiger charge is -1.99. The van der Waals surface area contributed by atoms with Crippen molar-refractivity contribution in [2.75, 3.05) is 12.5 Å². The number of nitrogens with zero attached hydrogens (tertiary/aromatic N) is 2. The molecule has 0 aliphatic heterocycles. The molecule has 1 N–H and O–H groups in total. The summed E-state index contributed by atoms with van der Waals surface area (Å²) in [6.07, 6.45) is 0. The summed E-state index contributed by atoms with van der Waals surface area (Å²) in [5.41, 5.74) is 3.02. The molecule has 4 nitrogen and oxygen atoms in total. The van der Waals surface area contributed by atoms with E-state index in [0.717, 1.165) is 0 Å². The Hall–Kier alpha value is -1.76. The van der Waals surface area contributed by atoms with Gasteiger partial charge in [0.2, 0.25) is 0 Å². The Balaban J connectivity index is 2.94. The van der Waals surface area contributed by atoms with Gasteiger partial charge in [-0.25, -0.2) is 0 Å². The number of rotatable bonds is 2. The Morgan fingerprint density at radius 1 is 1.45 bits per heavy atom. The van der Waals surface area contributed by atoms with Crippen LogP contribution in [0.4, 0.5) is 5.69 Å². The molecule has 0 fully saturated rings. The molecule has 0 saturated carbocycles. The first-order valence-corrected chi connectivity index (χ1v) is 3.11. The van der Waals surface area contributed by atoms with Crippen LogP contribution >= 0.6 is 0 Å². The highest BCUT2D eigenvalue weighted by Gasteiger charge is 2.03. The van der Waals surface area contributed by atoms with Crippen molar-refractivity contribution in [3.63, 3.8) is 0 Å². The van der Waals surface area contributed by atoms with Gasteiger partial charge in [0.15, 0.2) is 5.69 Å². The molecule has 0 heterocycles. The minimum Gasteiger partial charge on any atom is -0.494 e. The Labute approximate surface area is 64.4 Å². The van der Waals surface area contributed by atoms with E-state index < -0.39 is 0 Å². The Morgan fingerprint density at radius 3 is 2.82 bits per heavy atom. The summed E-state index contributed by atoms with van der Waals surface area (Å²) in [6, 6.07) is 7.17. The average Bonchev–Trinajstić information content (AvgIpc) is 2.06. The molecular formula is C7H8N3O+. The van der Waals surface area contributed by atoms with Crippen LogP contribution in [0.3, 0.4) is 0 Å². The number of benzene rings is 1. The number of anilines is 1. The van der Waals surface area contributed by atoms with Crippen molar-refractivity contribution >= 4 is 5.69 Å². The van der Waals surface area contributed by atoms with E-state index in [9.17, 15) is 0 Å². The molecule has 1 rings (SSSR count). The third kappa shape index (κ3) is 1.58. The molecule has 0 bridgehead atoms. The van der Waals surface area contributed by atoms with Crippen LogP contribution in [0.1, 0.15) is 0 Å². The zero-order valence-corrected chi connectivity index (χ0v) is 6.11. The molecule has 0 aromatic heterocycles. The number of hydrogen-bond acceptors (Lipinski definition) is 3. The standard InChI is InChI=1S/C7H8N3O/c1-11-7-5-3-2-4-6(7)9-10-8/h2-5,9H,1H3/q+1. The van der Waals surface area contributed by atoms with E-state index in [4.69, 9.17) is 10.1 Å². The fourth-order valence-electron chi connectivity index (χ4n) is 0.791. The summed E-state index contributed by atoms with van der Waals surface area (Å²) in [7, 11) is 1.55. The fourth-order valence-corrected chi connectivity index (χ4v) is 0.791. The highest BCUT2D eigenvalue weighted by atomic mass is 16.5. The lowest BCUT2D eigenvalue weighted by molar-refractivity contribution is 0.417. The van der Waals surface area contributed by atoms with Gasteiger partial charge in [0.1, 0.15) is 5.75 Å². The Morgan fingerprint density at radius 2 is 2.18 bits per heavy atom. The summed E-state index contributed by atoms with van der Waals surface area (Å²) >= 11 is 0. The van der Waals surface area contributed by atoms with Crippen molar-refractivity contribution in [2.24, 2.45) is 0 Å². The normalized spacial score (nSPS) is 8.36. The van der Waals surface area contributed by atoms with E-state index in [2.05, 4.69) is 10.5 Å². The molecule has 0 radical (unpaired) electrons. The lowest BCUT2D eigenvalue weighted by Crippen LogP contribution is -1.89. The maximum atomic E-state index is 8.20. The van der Waals surface area contributed by atoms with Crippen LogP contribution in [-0.4, -0.2) is 7.11 Å². The van der Waals surface area contributed by atoms with Gasteiger partial charge < -0.3 is 4.74 Å². The van der Waals surface area contributed by atoms with E-state index in [0.29, 0.717) is 11.4 Å². The first-order chi connectivity index (χ1) is 5.38. The van der Waals surface area contributed by atoms with Gasteiger partial charge in [0, 0.05) is 0 Å².